The van der Waals surface area contributed by atoms with Crippen LogP contribution in [0, 0.1) is 5.92 Å². The number of carboxylic acids is 1. The number of ether oxygens (including phenoxy) is 2. The van der Waals surface area contributed by atoms with Crippen molar-refractivity contribution in [1.82, 2.24) is 19.7 Å². The molecule has 226 valence electrons. The van der Waals surface area contributed by atoms with E-state index in [9.17, 15) is 23.1 Å². The Balaban J connectivity index is 1.17. The molecule has 2 fully saturated rings. The summed E-state index contributed by atoms with van der Waals surface area (Å²) in [6.07, 6.45) is 0.740. The molecule has 6 rings (SSSR count). The molecule has 3 aromatic heterocycles. The third kappa shape index (κ3) is 6.40. The van der Waals surface area contributed by atoms with Crippen LogP contribution >= 0.6 is 11.3 Å². The van der Waals surface area contributed by atoms with E-state index in [4.69, 9.17) is 9.47 Å². The number of pyridine rings is 1. The number of hydrogen-bond donors (Lipinski definition) is 1. The highest BCUT2D eigenvalue weighted by atomic mass is 32.1. The highest BCUT2D eigenvalue weighted by Crippen LogP contribution is 2.38. The molecule has 1 saturated heterocycles. The molecule has 2 aliphatic rings. The fourth-order valence-electron chi connectivity index (χ4n) is 5.62. The van der Waals surface area contributed by atoms with Crippen molar-refractivity contribution in [3.63, 3.8) is 0 Å². The normalized spacial score (nSPS) is 16.4. The molecule has 0 atom stereocenters. The lowest BCUT2D eigenvalue weighted by molar-refractivity contribution is -0.143. The molecule has 0 radical (unpaired) electrons. The summed E-state index contributed by atoms with van der Waals surface area (Å²) < 4.78 is 53.6. The fraction of sp³-hybridized carbons (Fsp3) is 0.387. The summed E-state index contributed by atoms with van der Waals surface area (Å²) in [4.78, 5) is 19.1. The van der Waals surface area contributed by atoms with Crippen LogP contribution in [0.4, 0.5) is 13.2 Å². The van der Waals surface area contributed by atoms with E-state index < -0.39 is 23.4 Å². The molecule has 0 amide bonds. The molecule has 1 saturated carbocycles. The minimum atomic E-state index is -4.94. The first kappa shape index (κ1) is 29.2. The molecule has 43 heavy (non-hydrogen) atoms. The number of alkyl halides is 3. The molecule has 1 aromatic carbocycles. The van der Waals surface area contributed by atoms with Gasteiger partial charge in [-0.15, -0.1) is 11.3 Å². The van der Waals surface area contributed by atoms with Crippen LogP contribution < -0.4 is 9.47 Å². The first-order chi connectivity index (χ1) is 20.7. The molecule has 1 N–H and O–H groups in total. The molecule has 0 spiro atoms. The average molecular weight is 613 g/mol. The molecule has 0 unspecified atom stereocenters. The fourth-order valence-corrected chi connectivity index (χ4v) is 6.50. The summed E-state index contributed by atoms with van der Waals surface area (Å²) in [7, 11) is 1.62. The first-order valence-corrected chi connectivity index (χ1v) is 15.0. The lowest BCUT2D eigenvalue weighted by atomic mass is 9.89. The van der Waals surface area contributed by atoms with Crippen LogP contribution in [0.15, 0.2) is 54.0 Å². The number of aromatic nitrogens is 3. The smallest absolute Gasteiger partial charge is 0.434 e. The number of piperidine rings is 1. The monoisotopic (exact) mass is 612 g/mol. The van der Waals surface area contributed by atoms with Crippen LogP contribution in [0.25, 0.3) is 16.4 Å². The lowest BCUT2D eigenvalue weighted by Gasteiger charge is -2.32. The summed E-state index contributed by atoms with van der Waals surface area (Å²) in [5, 5.41) is 14.8. The van der Waals surface area contributed by atoms with Gasteiger partial charge < -0.3 is 19.5 Å². The van der Waals surface area contributed by atoms with Gasteiger partial charge in [0.25, 0.3) is 0 Å². The number of aromatic carboxylic acids is 1. The molecule has 4 aromatic rings. The number of likely N-dealkylation sites (tertiary alicyclic amines) is 1. The van der Waals surface area contributed by atoms with E-state index in [1.165, 1.54) is 42.4 Å². The zero-order chi connectivity index (χ0) is 30.1. The zero-order valence-electron chi connectivity index (χ0n) is 23.5. The van der Waals surface area contributed by atoms with Crippen LogP contribution in [-0.2, 0) is 12.8 Å². The van der Waals surface area contributed by atoms with Crippen molar-refractivity contribution < 1.29 is 32.5 Å². The predicted octanol–water partition coefficient (Wildman–Crippen LogP) is 6.89. The molecule has 1 aliphatic heterocycles. The molecule has 0 bridgehead atoms. The van der Waals surface area contributed by atoms with Gasteiger partial charge in [0.2, 0.25) is 0 Å². The predicted molar refractivity (Wildman–Crippen MR) is 155 cm³/mol. The lowest BCUT2D eigenvalue weighted by Crippen LogP contribution is -2.34. The van der Waals surface area contributed by atoms with Gasteiger partial charge in [-0.2, -0.15) is 18.3 Å². The van der Waals surface area contributed by atoms with Crippen molar-refractivity contribution in [2.45, 2.75) is 44.4 Å². The van der Waals surface area contributed by atoms with Gasteiger partial charge in [-0.05, 0) is 91.9 Å². The summed E-state index contributed by atoms with van der Waals surface area (Å²) in [6.45, 7) is 3.67. The Morgan fingerprint density at radius 1 is 1.09 bits per heavy atom. The van der Waals surface area contributed by atoms with Crippen LogP contribution in [0.3, 0.4) is 0 Å². The standard InChI is InChI=1S/C31H31F3N4O4S/c1-41-26-15-21(20-9-12-37(13-10-20)17-19-5-6-19)7-8-25(26)42-18-22-11-14-43-28(22)24-3-2-4-27(36-24)38-29(31(32,33)34)23(16-35-38)30(39)40/h2-4,7-8,11,14-16,19-20H,5-6,9-10,12-13,17-18H2,1H3,(H,39,40). The summed E-state index contributed by atoms with van der Waals surface area (Å²) in [5.74, 6) is 0.784. The largest absolute Gasteiger partial charge is 0.493 e. The average Bonchev–Trinajstić information content (AvgIpc) is 3.48. The van der Waals surface area contributed by atoms with E-state index in [2.05, 4.69) is 27.1 Å². The molecular formula is C31H31F3N4O4S. The third-order valence-corrected chi connectivity index (χ3v) is 9.02. The second-order valence-electron chi connectivity index (χ2n) is 11.0. The van der Waals surface area contributed by atoms with Gasteiger partial charge in [-0.1, -0.05) is 12.1 Å². The maximum Gasteiger partial charge on any atom is 0.434 e. The van der Waals surface area contributed by atoms with Crippen LogP contribution in [0.1, 0.15) is 58.8 Å². The highest BCUT2D eigenvalue weighted by molar-refractivity contribution is 7.13. The number of benzene rings is 1. The number of nitrogens with zero attached hydrogens (tertiary/aromatic N) is 4. The maximum absolute atomic E-state index is 13.8. The Labute approximate surface area is 250 Å². The zero-order valence-corrected chi connectivity index (χ0v) is 24.3. The third-order valence-electron chi connectivity index (χ3n) is 8.04. The van der Waals surface area contributed by atoms with Gasteiger partial charge in [0, 0.05) is 12.1 Å². The number of thiophene rings is 1. The maximum atomic E-state index is 13.8. The van der Waals surface area contributed by atoms with Gasteiger partial charge in [-0.3, -0.25) is 0 Å². The minimum Gasteiger partial charge on any atom is -0.493 e. The molecule has 1 aliphatic carbocycles. The second kappa shape index (κ2) is 12.0. The SMILES string of the molecule is COc1cc(C2CCN(CC3CC3)CC2)ccc1OCc1ccsc1-c1cccc(-n2ncc(C(=O)O)c2C(F)(F)F)n1. The number of halogens is 3. The topological polar surface area (TPSA) is 89.7 Å². The first-order valence-electron chi connectivity index (χ1n) is 14.2. The second-order valence-corrected chi connectivity index (χ2v) is 11.9. The van der Waals surface area contributed by atoms with Crippen molar-refractivity contribution in [2.75, 3.05) is 26.7 Å². The minimum absolute atomic E-state index is 0.145. The van der Waals surface area contributed by atoms with Crippen molar-refractivity contribution in [3.8, 4) is 27.9 Å². The van der Waals surface area contributed by atoms with Gasteiger partial charge in [0.1, 0.15) is 12.2 Å². The van der Waals surface area contributed by atoms with E-state index in [1.807, 2.05) is 17.5 Å². The van der Waals surface area contributed by atoms with Gasteiger partial charge >= 0.3 is 12.1 Å². The van der Waals surface area contributed by atoms with Crippen LogP contribution in [0.5, 0.6) is 11.5 Å². The van der Waals surface area contributed by atoms with Crippen LogP contribution in [-0.4, -0.2) is 57.5 Å². The van der Waals surface area contributed by atoms with Gasteiger partial charge in [0.15, 0.2) is 23.0 Å². The van der Waals surface area contributed by atoms with E-state index in [1.54, 1.807) is 19.2 Å². The number of hydrogen-bond acceptors (Lipinski definition) is 7. The summed E-state index contributed by atoms with van der Waals surface area (Å²) in [5.41, 5.74) is 0.131. The number of carbonyl (C=O) groups is 1. The Morgan fingerprint density at radius 3 is 2.58 bits per heavy atom. The number of methoxy groups -OCH3 is 1. The number of rotatable bonds is 10. The van der Waals surface area contributed by atoms with E-state index in [0.717, 1.165) is 42.3 Å². The molecule has 4 heterocycles. The summed E-state index contributed by atoms with van der Waals surface area (Å²) in [6, 6.07) is 12.6. The van der Waals surface area contributed by atoms with E-state index >= 15 is 0 Å². The molecule has 12 heteroatoms. The van der Waals surface area contributed by atoms with Crippen molar-refractivity contribution >= 4 is 17.3 Å². The number of carboxylic acid groups (broad SMARTS) is 1. The van der Waals surface area contributed by atoms with Gasteiger partial charge in [-0.25, -0.2) is 14.5 Å². The quantitative estimate of drug-likeness (QED) is 0.209. The van der Waals surface area contributed by atoms with E-state index in [0.29, 0.717) is 34.0 Å². The molecular weight excluding hydrogens is 581 g/mol. The van der Waals surface area contributed by atoms with Crippen LogP contribution in [0.2, 0.25) is 0 Å². The Morgan fingerprint density at radius 2 is 1.88 bits per heavy atom. The Bertz CT molecular complexity index is 1610. The van der Waals surface area contributed by atoms with Crippen molar-refractivity contribution in [1.29, 1.82) is 0 Å². The molecule has 8 nitrogen and oxygen atoms in total. The Hall–Kier alpha value is -3.90. The highest BCUT2D eigenvalue weighted by Gasteiger charge is 2.41. The Kier molecular flexibility index (Phi) is 8.15. The van der Waals surface area contributed by atoms with Crippen molar-refractivity contribution in [2.24, 2.45) is 5.92 Å². The van der Waals surface area contributed by atoms with Gasteiger partial charge in [0.05, 0.1) is 23.9 Å². The van der Waals surface area contributed by atoms with Crippen molar-refractivity contribution in [3.05, 3.63) is 76.4 Å². The summed E-state index contributed by atoms with van der Waals surface area (Å²) >= 11 is 1.38. The van der Waals surface area contributed by atoms with E-state index in [-0.39, 0.29) is 12.4 Å².